The van der Waals surface area contributed by atoms with Gasteiger partial charge in [-0.05, 0) is 136 Å². The minimum Gasteiger partial charge on any atom is -1.00 e. The van der Waals surface area contributed by atoms with Crippen LogP contribution in [-0.4, -0.2) is 88.8 Å². The molecule has 8 heterocycles. The number of thiophene rings is 4. The summed E-state index contributed by atoms with van der Waals surface area (Å²) in [6.45, 7) is 20.9. The van der Waals surface area contributed by atoms with Gasteiger partial charge in [0.05, 0.1) is 18.7 Å². The van der Waals surface area contributed by atoms with Crippen molar-refractivity contribution in [3.05, 3.63) is 209 Å². The molecule has 0 fully saturated rings. The number of carbonyl (C=O) groups excluding carboxylic acids is 4. The second-order valence-corrected chi connectivity index (χ2v) is 26.3. The zero-order valence-electron chi connectivity index (χ0n) is 59.1. The Kier molecular flexibility index (Phi) is 47.7. The van der Waals surface area contributed by atoms with Gasteiger partial charge < -0.3 is 53.3 Å². The minimum absolute atomic E-state index is 0. The van der Waals surface area contributed by atoms with Gasteiger partial charge in [0.2, 0.25) is 0 Å². The van der Waals surface area contributed by atoms with E-state index in [2.05, 4.69) is 45.2 Å². The van der Waals surface area contributed by atoms with E-state index in [0.29, 0.717) is 16.7 Å². The van der Waals surface area contributed by atoms with Gasteiger partial charge in [0, 0.05) is 117 Å². The molecule has 3 aliphatic rings. The summed E-state index contributed by atoms with van der Waals surface area (Å²) in [5, 5.41) is 17.1. The van der Waals surface area contributed by atoms with Crippen molar-refractivity contribution in [2.45, 2.75) is 111 Å². The number of aliphatic imine (C=N–C) groups is 3. The van der Waals surface area contributed by atoms with Crippen molar-refractivity contribution in [1.29, 1.82) is 0 Å². The topological polar surface area (TPSA) is 237 Å². The van der Waals surface area contributed by atoms with Crippen molar-refractivity contribution < 1.29 is 152 Å². The van der Waals surface area contributed by atoms with E-state index in [-0.39, 0.29) is 153 Å². The molecule has 3 atom stereocenters. The summed E-state index contributed by atoms with van der Waals surface area (Å²) in [5.41, 5.74) is -0.201. The van der Waals surface area contributed by atoms with Gasteiger partial charge >= 0.3 is 77.5 Å². The van der Waals surface area contributed by atoms with Crippen LogP contribution in [-0.2, 0) is 54.4 Å². The van der Waals surface area contributed by atoms with Crippen LogP contribution < -0.4 is 75.0 Å². The van der Waals surface area contributed by atoms with Gasteiger partial charge in [-0.2, -0.15) is 17.6 Å². The molecule has 4 aromatic carbocycles. The normalized spacial score (nSPS) is 13.9. The average molecular weight is 1700 g/mol. The van der Waals surface area contributed by atoms with E-state index in [9.17, 15) is 31.9 Å². The number of amides is 1. The molecule has 12 rings (SSSR count). The Morgan fingerprint density at radius 2 is 0.990 bits per heavy atom. The van der Waals surface area contributed by atoms with Crippen LogP contribution in [0.4, 0.5) is 31.9 Å². The zero-order chi connectivity index (χ0) is 69.6. The first-order chi connectivity index (χ1) is 45.3. The molecule has 1 amide bonds. The number of nitrogens with zero attached hydrogens (tertiary/aromatic N) is 6. The summed E-state index contributed by atoms with van der Waals surface area (Å²) in [6.07, 6.45) is 17.3. The second-order valence-electron chi connectivity index (χ2n) is 22.3. The summed E-state index contributed by atoms with van der Waals surface area (Å²) >= 11 is 4.62. The van der Waals surface area contributed by atoms with Gasteiger partial charge in [0.25, 0.3) is 6.47 Å². The van der Waals surface area contributed by atoms with Crippen molar-refractivity contribution in [2.75, 3.05) is 13.2 Å². The molecule has 0 spiro atoms. The van der Waals surface area contributed by atoms with Crippen molar-refractivity contribution in [3.8, 4) is 0 Å². The molecule has 101 heavy (non-hydrogen) atoms. The number of ether oxygens (including phenoxy) is 5. The monoisotopic (exact) mass is 1700 g/mol. The molecular weight excluding hydrogens is 1620 g/mol. The molecule has 536 valence electrons. The van der Waals surface area contributed by atoms with Crippen molar-refractivity contribution >= 4 is 154 Å². The number of nitrogens with one attached hydrogen (secondary N) is 2. The summed E-state index contributed by atoms with van der Waals surface area (Å²) < 4.78 is 82.7. The fourth-order valence-corrected chi connectivity index (χ4v) is 11.8. The molecule has 0 bridgehead atoms. The number of fused-ring (bicyclic) bond motifs is 4. The Morgan fingerprint density at radius 1 is 0.594 bits per heavy atom. The number of hydrogen-bond donors (Lipinski definition) is 2. The maximum absolute atomic E-state index is 14.5. The van der Waals surface area contributed by atoms with Gasteiger partial charge in [-0.1, -0.05) is 72.8 Å². The van der Waals surface area contributed by atoms with Crippen LogP contribution in [0, 0.1) is 28.0 Å². The van der Waals surface area contributed by atoms with E-state index < -0.39 is 41.2 Å². The van der Waals surface area contributed by atoms with Gasteiger partial charge in [0.1, 0.15) is 41.6 Å². The molecular formula is C69H79Cl2F4N8Na2O11S4W-. The number of benzene rings is 4. The second kappa shape index (κ2) is 49.6. The molecule has 0 saturated carbocycles. The van der Waals surface area contributed by atoms with Crippen LogP contribution in [0.1, 0.15) is 112 Å². The van der Waals surface area contributed by atoms with E-state index in [4.69, 9.17) is 29.0 Å². The molecule has 32 heteroatoms. The van der Waals surface area contributed by atoms with Crippen LogP contribution in [0.2, 0.25) is 0 Å². The van der Waals surface area contributed by atoms with E-state index in [1.165, 1.54) is 51.6 Å². The number of carbonyl (C=O) groups is 4. The quantitative estimate of drug-likeness (QED) is 0.0181. The zero-order valence-corrected chi connectivity index (χ0v) is 69.9. The van der Waals surface area contributed by atoms with Crippen LogP contribution in [0.3, 0.4) is 0 Å². The van der Waals surface area contributed by atoms with Crippen LogP contribution in [0.5, 0.6) is 0 Å². The summed E-state index contributed by atoms with van der Waals surface area (Å²) in [4.78, 5) is 66.8. The fraction of sp³-hybridized carbons (Fsp3) is 0.275. The molecule has 9 aromatic rings. The maximum Gasteiger partial charge on any atom is 1.00 e. The van der Waals surface area contributed by atoms with Crippen LogP contribution >= 0.6 is 70.2 Å². The Balaban J connectivity index is -0.00000114. The number of halogens is 6. The average Bonchev–Trinajstić information content (AvgIpc) is 1.62. The maximum atomic E-state index is 14.5. The minimum atomic E-state index is -1.06. The Hall–Kier alpha value is -5.98. The molecule has 0 saturated heterocycles. The third-order valence-corrected chi connectivity index (χ3v) is 15.6. The third-order valence-electron chi connectivity index (χ3n) is 11.7. The molecule has 0 aliphatic carbocycles. The largest absolute Gasteiger partial charge is 1.00 e. The molecule has 19 nitrogen and oxygen atoms in total. The van der Waals surface area contributed by atoms with Crippen LogP contribution in [0.25, 0.3) is 40.3 Å². The Bertz CT molecular complexity index is 3910. The first-order valence-electron chi connectivity index (χ1n) is 29.2. The SMILES string of the molecule is CC(C)(C)OC(=O)N1C=NC=CC1c1c(F)sc2ccccc12.CC(C)(C)OC(=O)OC(=O)OC(C)(C)C.CCOCC.Cl.Cl.Fc1cc2ccccc2s1.Fc1sc2ccccc2c1C1C=CNC=N1.Fc1sc2ccccc2c1C1C=CNC=N1.O=CO[O-].[CH3-].[H-].[Na+].[Na+].[W].c1cncnc1. The predicted octanol–water partition coefficient (Wildman–Crippen LogP) is 12.6. The fourth-order valence-electron chi connectivity index (χ4n) is 8.13. The van der Waals surface area contributed by atoms with Crippen molar-refractivity contribution in [3.63, 3.8) is 0 Å². The van der Waals surface area contributed by atoms with Crippen molar-refractivity contribution in [2.24, 2.45) is 15.0 Å². The molecule has 3 aliphatic heterocycles. The first-order valence-corrected chi connectivity index (χ1v) is 32.4. The van der Waals surface area contributed by atoms with E-state index >= 15 is 0 Å². The van der Waals surface area contributed by atoms with Gasteiger partial charge in [0.15, 0.2) is 20.5 Å². The van der Waals surface area contributed by atoms with Gasteiger partial charge in [-0.3, -0.25) is 19.7 Å². The van der Waals surface area contributed by atoms with Crippen LogP contribution in [0.15, 0.2) is 180 Å². The predicted molar refractivity (Wildman–Crippen MR) is 390 cm³/mol. The summed E-state index contributed by atoms with van der Waals surface area (Å²) in [5.74, 6) is 0. The van der Waals surface area contributed by atoms with Gasteiger partial charge in [-0.15, -0.1) is 70.2 Å². The summed E-state index contributed by atoms with van der Waals surface area (Å²) in [7, 11) is 0. The van der Waals surface area contributed by atoms with E-state index in [1.807, 2.05) is 123 Å². The third kappa shape index (κ3) is 34.0. The molecule has 3 unspecified atom stereocenters. The Morgan fingerprint density at radius 3 is 1.34 bits per heavy atom. The Labute approximate surface area is 674 Å². The molecule has 2 N–H and O–H groups in total. The number of aromatic nitrogens is 2. The summed E-state index contributed by atoms with van der Waals surface area (Å²) in [6, 6.07) is 32.9. The first kappa shape index (κ1) is 97.1. The standard InChI is InChI=1S/C17H17FN2O2S.2C12H9FN2S.C10H18O5.C8H5FS.C4H4N2.C4H10O.CH2O3.CH3.2ClH.2Na.W.H/c1-17(2,3)22-16(21)20-10-19-9-8-12(20)14-11-6-4-5-7-13(11)23-15(14)18;2*13-12-11(9-5-6-14-7-15-9)8-3-1-2-4-10(8)16-12;1-9(2,3)14-7(11)13-8(12)15-10(4,5)6;9-8-5-6-3-1-2-4-7(6)10-8;1-2-5-4-6-3-1;1-3-5-4-2;2-1-4-3;;;;;;;/h4-10,12H,1-3H3;2*1-7,9H,(H,14,15);1-6H3;1-5H;1-4H;3-4H2,1-2H3;1,3H;1H3;2*1H;;;;/q;;;;;;;;-1;;;2*+1;;-1/p-1. The molecule has 5 aromatic heterocycles. The number of hydrogen-bond acceptors (Lipinski definition) is 22. The smallest absolute Gasteiger partial charge is 1.00 e. The van der Waals surface area contributed by atoms with Gasteiger partial charge in [-0.25, -0.2) is 29.3 Å². The molecule has 0 radical (unpaired) electrons. The number of rotatable bonds is 6. The van der Waals surface area contributed by atoms with E-state index in [0.717, 1.165) is 64.9 Å². The van der Waals surface area contributed by atoms with E-state index in [1.54, 1.807) is 124 Å². The van der Waals surface area contributed by atoms with Crippen molar-refractivity contribution in [1.82, 2.24) is 25.5 Å².